The van der Waals surface area contributed by atoms with E-state index in [1.54, 1.807) is 7.11 Å². The van der Waals surface area contributed by atoms with Gasteiger partial charge in [-0.3, -0.25) is 0 Å². The van der Waals surface area contributed by atoms with Crippen LogP contribution in [-0.4, -0.2) is 70.4 Å². The molecule has 3 heteroatoms. The molecule has 0 amide bonds. The second kappa shape index (κ2) is 6.35. The maximum Gasteiger partial charge on any atom is 0.102 e. The molecule has 0 fully saturated rings. The molecule has 0 aromatic carbocycles. The minimum absolute atomic E-state index is 0.859. The standard InChI is InChI=1S/C10H25N2O/c1-6-12(4,9-10-13-5)8-7-11(2)3/h6-10H2,1-5H3/q+1. The summed E-state index contributed by atoms with van der Waals surface area (Å²) in [6.45, 7) is 7.74. The number of rotatable bonds is 7. The fourth-order valence-corrected chi connectivity index (χ4v) is 1.18. The molecule has 0 aliphatic rings. The van der Waals surface area contributed by atoms with Crippen LogP contribution in [-0.2, 0) is 4.74 Å². The van der Waals surface area contributed by atoms with E-state index in [0.29, 0.717) is 0 Å². The Bertz CT molecular complexity index is 128. The maximum absolute atomic E-state index is 5.12. The molecule has 13 heavy (non-hydrogen) atoms. The summed E-state index contributed by atoms with van der Waals surface area (Å²) in [5.41, 5.74) is 0. The minimum atomic E-state index is 0.859. The lowest BCUT2D eigenvalue weighted by Crippen LogP contribution is -2.49. The maximum atomic E-state index is 5.12. The van der Waals surface area contributed by atoms with Crippen LogP contribution in [0.15, 0.2) is 0 Å². The number of ether oxygens (including phenoxy) is 1. The fourth-order valence-electron chi connectivity index (χ4n) is 1.18. The summed E-state index contributed by atoms with van der Waals surface area (Å²) in [5, 5.41) is 0. The molecule has 0 saturated heterocycles. The predicted octanol–water partition coefficient (Wildman–Crippen LogP) is 0.661. The van der Waals surface area contributed by atoms with E-state index in [1.807, 2.05) is 0 Å². The minimum Gasteiger partial charge on any atom is -0.379 e. The highest BCUT2D eigenvalue weighted by molar-refractivity contribution is 4.43. The van der Waals surface area contributed by atoms with Crippen molar-refractivity contribution < 1.29 is 9.22 Å². The van der Waals surface area contributed by atoms with Crippen LogP contribution in [0.1, 0.15) is 6.92 Å². The Labute approximate surface area is 82.9 Å². The van der Waals surface area contributed by atoms with Gasteiger partial charge in [0.25, 0.3) is 0 Å². The first kappa shape index (κ1) is 12.9. The van der Waals surface area contributed by atoms with E-state index in [0.717, 1.165) is 24.2 Å². The Morgan fingerprint density at radius 3 is 2.23 bits per heavy atom. The number of hydrogen-bond acceptors (Lipinski definition) is 2. The Morgan fingerprint density at radius 1 is 1.23 bits per heavy atom. The number of methoxy groups -OCH3 is 1. The van der Waals surface area contributed by atoms with Gasteiger partial charge < -0.3 is 14.1 Å². The molecule has 0 spiro atoms. The lowest BCUT2D eigenvalue weighted by molar-refractivity contribution is -0.907. The highest BCUT2D eigenvalue weighted by Crippen LogP contribution is 2.01. The number of hydrogen-bond donors (Lipinski definition) is 0. The molecule has 1 unspecified atom stereocenters. The average Bonchev–Trinajstić information content (AvgIpc) is 2.11. The third kappa shape index (κ3) is 6.02. The lowest BCUT2D eigenvalue weighted by Gasteiger charge is -2.34. The van der Waals surface area contributed by atoms with Gasteiger partial charge in [0.15, 0.2) is 0 Å². The van der Waals surface area contributed by atoms with E-state index >= 15 is 0 Å². The second-order valence-corrected chi connectivity index (χ2v) is 4.18. The summed E-state index contributed by atoms with van der Waals surface area (Å²) in [7, 11) is 8.31. The van der Waals surface area contributed by atoms with E-state index in [9.17, 15) is 0 Å². The highest BCUT2D eigenvalue weighted by Gasteiger charge is 2.18. The first-order valence-electron chi connectivity index (χ1n) is 5.01. The number of quaternary nitrogens is 1. The average molecular weight is 189 g/mol. The molecule has 0 saturated carbocycles. The molecule has 0 radical (unpaired) electrons. The molecule has 1 atom stereocenters. The quantitative estimate of drug-likeness (QED) is 0.546. The Kier molecular flexibility index (Phi) is 6.29. The molecule has 0 aliphatic heterocycles. The summed E-state index contributed by atoms with van der Waals surface area (Å²) < 4.78 is 6.22. The van der Waals surface area contributed by atoms with Gasteiger partial charge in [0.05, 0.1) is 26.7 Å². The van der Waals surface area contributed by atoms with Gasteiger partial charge in [0.1, 0.15) is 6.54 Å². The third-order valence-corrected chi connectivity index (χ3v) is 2.69. The van der Waals surface area contributed by atoms with Crippen molar-refractivity contribution in [2.24, 2.45) is 0 Å². The molecular formula is C10H25N2O+. The van der Waals surface area contributed by atoms with E-state index in [4.69, 9.17) is 4.74 Å². The van der Waals surface area contributed by atoms with Gasteiger partial charge in [0, 0.05) is 13.7 Å². The molecule has 3 nitrogen and oxygen atoms in total. The molecule has 0 aromatic heterocycles. The molecule has 0 aromatic rings. The van der Waals surface area contributed by atoms with Crippen molar-refractivity contribution in [3.05, 3.63) is 0 Å². The lowest BCUT2D eigenvalue weighted by atomic mass is 10.3. The van der Waals surface area contributed by atoms with Crippen LogP contribution < -0.4 is 0 Å². The molecule has 0 aliphatic carbocycles. The zero-order valence-electron chi connectivity index (χ0n) is 9.84. The topological polar surface area (TPSA) is 12.5 Å². The van der Waals surface area contributed by atoms with Crippen LogP contribution in [0.2, 0.25) is 0 Å². The van der Waals surface area contributed by atoms with Crippen molar-refractivity contribution in [1.29, 1.82) is 0 Å². The summed E-state index contributed by atoms with van der Waals surface area (Å²) in [4.78, 5) is 2.24. The largest absolute Gasteiger partial charge is 0.379 e. The third-order valence-electron chi connectivity index (χ3n) is 2.69. The van der Waals surface area contributed by atoms with Gasteiger partial charge in [-0.2, -0.15) is 0 Å². The van der Waals surface area contributed by atoms with Gasteiger partial charge in [-0.15, -0.1) is 0 Å². The van der Waals surface area contributed by atoms with E-state index < -0.39 is 0 Å². The van der Waals surface area contributed by atoms with Gasteiger partial charge in [-0.05, 0) is 21.0 Å². The van der Waals surface area contributed by atoms with E-state index in [-0.39, 0.29) is 0 Å². The highest BCUT2D eigenvalue weighted by atomic mass is 16.5. The van der Waals surface area contributed by atoms with Crippen LogP contribution in [0, 0.1) is 0 Å². The van der Waals surface area contributed by atoms with Crippen molar-refractivity contribution in [1.82, 2.24) is 4.90 Å². The van der Waals surface area contributed by atoms with Crippen molar-refractivity contribution in [3.63, 3.8) is 0 Å². The Balaban J connectivity index is 3.81. The molecule has 0 N–H and O–H groups in total. The van der Waals surface area contributed by atoms with Crippen molar-refractivity contribution in [3.8, 4) is 0 Å². The molecule has 0 rings (SSSR count). The SMILES string of the molecule is CC[N+](C)(CCOC)CCN(C)C. The Hall–Kier alpha value is -0.120. The molecule has 80 valence electrons. The van der Waals surface area contributed by atoms with Gasteiger partial charge in [-0.25, -0.2) is 0 Å². The Morgan fingerprint density at radius 2 is 1.85 bits per heavy atom. The van der Waals surface area contributed by atoms with Crippen LogP contribution in [0.4, 0.5) is 0 Å². The number of likely N-dealkylation sites (N-methyl/N-ethyl adjacent to an activating group) is 2. The zero-order valence-corrected chi connectivity index (χ0v) is 9.84. The fraction of sp³-hybridized carbons (Fsp3) is 1.00. The van der Waals surface area contributed by atoms with Crippen molar-refractivity contribution in [2.45, 2.75) is 6.92 Å². The monoisotopic (exact) mass is 189 g/mol. The van der Waals surface area contributed by atoms with Crippen LogP contribution in [0.5, 0.6) is 0 Å². The zero-order chi connectivity index (χ0) is 10.3. The van der Waals surface area contributed by atoms with Gasteiger partial charge >= 0.3 is 0 Å². The first-order valence-corrected chi connectivity index (χ1v) is 5.01. The predicted molar refractivity (Wildman–Crippen MR) is 56.9 cm³/mol. The van der Waals surface area contributed by atoms with E-state index in [1.165, 1.54) is 13.1 Å². The van der Waals surface area contributed by atoms with Gasteiger partial charge in [-0.1, -0.05) is 0 Å². The summed E-state index contributed by atoms with van der Waals surface area (Å²) >= 11 is 0. The second-order valence-electron chi connectivity index (χ2n) is 4.18. The smallest absolute Gasteiger partial charge is 0.102 e. The van der Waals surface area contributed by atoms with Crippen LogP contribution in [0.3, 0.4) is 0 Å². The molecular weight excluding hydrogens is 164 g/mol. The van der Waals surface area contributed by atoms with Crippen LogP contribution in [0.25, 0.3) is 0 Å². The summed E-state index contributed by atoms with van der Waals surface area (Å²) in [6.07, 6.45) is 0. The molecule has 0 bridgehead atoms. The summed E-state index contributed by atoms with van der Waals surface area (Å²) in [6, 6.07) is 0. The molecule has 0 heterocycles. The van der Waals surface area contributed by atoms with E-state index in [2.05, 4.69) is 33.0 Å². The van der Waals surface area contributed by atoms with Crippen molar-refractivity contribution >= 4 is 0 Å². The normalized spacial score (nSPS) is 16.2. The first-order chi connectivity index (χ1) is 6.04. The number of nitrogens with zero attached hydrogens (tertiary/aromatic N) is 2. The van der Waals surface area contributed by atoms with Crippen molar-refractivity contribution in [2.75, 3.05) is 61.0 Å². The van der Waals surface area contributed by atoms with Crippen LogP contribution >= 0.6 is 0 Å². The van der Waals surface area contributed by atoms with Gasteiger partial charge in [0.2, 0.25) is 0 Å². The summed E-state index contributed by atoms with van der Waals surface area (Å²) in [5.74, 6) is 0.